The summed E-state index contributed by atoms with van der Waals surface area (Å²) in [6.45, 7) is 5.86. The number of phenols is 2. The molecular formula is C18H25NO4. The van der Waals surface area contributed by atoms with Crippen LogP contribution in [0.2, 0.25) is 0 Å². The zero-order chi connectivity index (χ0) is 17.2. The van der Waals surface area contributed by atoms with Crippen molar-refractivity contribution in [2.75, 3.05) is 13.7 Å². The standard InChI is InChI=1S/C18H25NO4/c1-4-6-8-14(19-3)10-13-11-15(20)12-16(21)17(13)18(22)23-9-7-5-2/h5,11-12,20-21H,2,4,6-10H2,1,3H3. The number of unbranched alkanes of at least 4 members (excludes halogenated alkanes) is 1. The van der Waals surface area contributed by atoms with Gasteiger partial charge in [0.1, 0.15) is 17.1 Å². The Morgan fingerprint density at radius 3 is 2.74 bits per heavy atom. The van der Waals surface area contributed by atoms with Crippen molar-refractivity contribution in [3.8, 4) is 11.5 Å². The number of ether oxygens (including phenoxy) is 1. The van der Waals surface area contributed by atoms with Gasteiger partial charge in [-0.15, -0.1) is 6.58 Å². The number of hydrogen-bond acceptors (Lipinski definition) is 5. The lowest BCUT2D eigenvalue weighted by molar-refractivity contribution is 0.0507. The van der Waals surface area contributed by atoms with Crippen molar-refractivity contribution in [3.63, 3.8) is 0 Å². The third-order valence-electron chi connectivity index (χ3n) is 3.47. The Balaban J connectivity index is 3.04. The van der Waals surface area contributed by atoms with Crippen LogP contribution in [-0.2, 0) is 11.2 Å². The van der Waals surface area contributed by atoms with Gasteiger partial charge in [-0.3, -0.25) is 4.99 Å². The molecule has 1 aromatic carbocycles. The van der Waals surface area contributed by atoms with Crippen LogP contribution in [0.3, 0.4) is 0 Å². The van der Waals surface area contributed by atoms with Crippen LogP contribution in [0.15, 0.2) is 29.8 Å². The van der Waals surface area contributed by atoms with Gasteiger partial charge in [0.2, 0.25) is 0 Å². The quantitative estimate of drug-likeness (QED) is 0.315. The van der Waals surface area contributed by atoms with Crippen molar-refractivity contribution in [2.45, 2.75) is 39.0 Å². The minimum absolute atomic E-state index is 0.0875. The van der Waals surface area contributed by atoms with Gasteiger partial charge < -0.3 is 14.9 Å². The first-order valence-electron chi connectivity index (χ1n) is 7.80. The molecule has 0 atom stereocenters. The van der Waals surface area contributed by atoms with E-state index < -0.39 is 5.97 Å². The summed E-state index contributed by atoms with van der Waals surface area (Å²) in [5.74, 6) is -0.981. The molecule has 23 heavy (non-hydrogen) atoms. The average Bonchev–Trinajstić information content (AvgIpc) is 2.50. The Bertz CT molecular complexity index is 579. The highest BCUT2D eigenvalue weighted by Crippen LogP contribution is 2.29. The minimum Gasteiger partial charge on any atom is -0.508 e. The lowest BCUT2D eigenvalue weighted by atomic mass is 9.98. The molecule has 0 amide bonds. The molecule has 1 aromatic rings. The molecule has 5 heteroatoms. The number of benzene rings is 1. The predicted molar refractivity (Wildman–Crippen MR) is 91.5 cm³/mol. The maximum Gasteiger partial charge on any atom is 0.342 e. The Labute approximate surface area is 137 Å². The Kier molecular flexibility index (Phi) is 7.88. The lowest BCUT2D eigenvalue weighted by Crippen LogP contribution is -2.12. The third kappa shape index (κ3) is 5.77. The first-order valence-corrected chi connectivity index (χ1v) is 7.80. The molecule has 0 saturated heterocycles. The van der Waals surface area contributed by atoms with E-state index in [0.717, 1.165) is 31.0 Å². The summed E-state index contributed by atoms with van der Waals surface area (Å²) in [4.78, 5) is 16.5. The maximum atomic E-state index is 12.2. The molecule has 126 valence electrons. The van der Waals surface area contributed by atoms with Crippen molar-refractivity contribution in [1.82, 2.24) is 0 Å². The zero-order valence-electron chi connectivity index (χ0n) is 13.8. The van der Waals surface area contributed by atoms with Gasteiger partial charge in [0.15, 0.2) is 0 Å². The van der Waals surface area contributed by atoms with Crippen molar-refractivity contribution in [2.24, 2.45) is 4.99 Å². The van der Waals surface area contributed by atoms with Crippen molar-refractivity contribution >= 4 is 11.7 Å². The fourth-order valence-corrected chi connectivity index (χ4v) is 2.23. The molecule has 0 saturated carbocycles. The third-order valence-corrected chi connectivity index (χ3v) is 3.47. The summed E-state index contributed by atoms with van der Waals surface area (Å²) in [6, 6.07) is 2.61. The number of carbonyl (C=O) groups excluding carboxylic acids is 1. The number of hydrogen-bond donors (Lipinski definition) is 2. The van der Waals surface area contributed by atoms with E-state index in [2.05, 4.69) is 18.5 Å². The van der Waals surface area contributed by atoms with Gasteiger partial charge in [-0.05, 0) is 30.9 Å². The summed E-state index contributed by atoms with van der Waals surface area (Å²) >= 11 is 0. The van der Waals surface area contributed by atoms with Gasteiger partial charge in [-0.1, -0.05) is 19.4 Å². The molecule has 1 rings (SSSR count). The fourth-order valence-electron chi connectivity index (χ4n) is 2.23. The monoisotopic (exact) mass is 319 g/mol. The first-order chi connectivity index (χ1) is 11.0. The van der Waals surface area contributed by atoms with Crippen molar-refractivity contribution < 1.29 is 19.7 Å². The van der Waals surface area contributed by atoms with E-state index in [1.54, 1.807) is 13.1 Å². The molecule has 0 heterocycles. The molecule has 0 aliphatic carbocycles. The van der Waals surface area contributed by atoms with E-state index in [1.807, 2.05) is 0 Å². The number of carbonyl (C=O) groups is 1. The average molecular weight is 319 g/mol. The van der Waals surface area contributed by atoms with Gasteiger partial charge in [0.05, 0.1) is 6.61 Å². The highest BCUT2D eigenvalue weighted by molar-refractivity contribution is 5.97. The molecule has 2 N–H and O–H groups in total. The van der Waals surface area contributed by atoms with Gasteiger partial charge in [-0.25, -0.2) is 4.79 Å². The van der Waals surface area contributed by atoms with E-state index in [1.165, 1.54) is 6.07 Å². The van der Waals surface area contributed by atoms with Crippen LogP contribution in [0, 0.1) is 0 Å². The minimum atomic E-state index is -0.606. The SMILES string of the molecule is C=CCCOC(=O)c1c(O)cc(O)cc1CC(CCCC)=NC. The summed E-state index contributed by atoms with van der Waals surface area (Å²) in [5, 5.41) is 19.8. The number of nitrogens with zero attached hydrogens (tertiary/aromatic N) is 1. The maximum absolute atomic E-state index is 12.2. The summed E-state index contributed by atoms with van der Waals surface area (Å²) in [6.07, 6.45) is 5.44. The number of phenolic OH excluding ortho intramolecular Hbond substituents is 2. The van der Waals surface area contributed by atoms with Gasteiger partial charge >= 0.3 is 5.97 Å². The van der Waals surface area contributed by atoms with Crippen molar-refractivity contribution in [3.05, 3.63) is 35.9 Å². The van der Waals surface area contributed by atoms with Crippen LogP contribution in [0.5, 0.6) is 11.5 Å². The Hall–Kier alpha value is -2.30. The van der Waals surface area contributed by atoms with Gasteiger partial charge in [0, 0.05) is 25.2 Å². The summed E-state index contributed by atoms with van der Waals surface area (Å²) < 4.78 is 5.13. The molecular weight excluding hydrogens is 294 g/mol. The van der Waals surface area contributed by atoms with E-state index in [0.29, 0.717) is 18.4 Å². The van der Waals surface area contributed by atoms with Gasteiger partial charge in [-0.2, -0.15) is 0 Å². The van der Waals surface area contributed by atoms with Crippen LogP contribution >= 0.6 is 0 Å². The fraction of sp³-hybridized carbons (Fsp3) is 0.444. The van der Waals surface area contributed by atoms with Gasteiger partial charge in [0.25, 0.3) is 0 Å². The second kappa shape index (κ2) is 9.66. The zero-order valence-corrected chi connectivity index (χ0v) is 13.8. The lowest BCUT2D eigenvalue weighted by Gasteiger charge is -2.13. The smallest absolute Gasteiger partial charge is 0.342 e. The number of aliphatic imine (C=N–C) groups is 1. The molecule has 0 fully saturated rings. The summed E-state index contributed by atoms with van der Waals surface area (Å²) in [5.41, 5.74) is 1.52. The van der Waals surface area contributed by atoms with Crippen LogP contribution in [0.1, 0.15) is 48.5 Å². The highest BCUT2D eigenvalue weighted by Gasteiger charge is 2.20. The van der Waals surface area contributed by atoms with Crippen LogP contribution in [0.25, 0.3) is 0 Å². The van der Waals surface area contributed by atoms with Crippen LogP contribution in [0.4, 0.5) is 0 Å². The Morgan fingerprint density at radius 2 is 2.13 bits per heavy atom. The molecule has 0 radical (unpaired) electrons. The second-order valence-corrected chi connectivity index (χ2v) is 5.28. The summed E-state index contributed by atoms with van der Waals surface area (Å²) in [7, 11) is 1.70. The van der Waals surface area contributed by atoms with E-state index >= 15 is 0 Å². The van der Waals surface area contributed by atoms with Crippen LogP contribution in [-0.4, -0.2) is 35.5 Å². The molecule has 0 aliphatic heterocycles. The molecule has 0 unspecified atom stereocenters. The largest absolute Gasteiger partial charge is 0.508 e. The van der Waals surface area contributed by atoms with E-state index in [9.17, 15) is 15.0 Å². The molecule has 0 aromatic heterocycles. The topological polar surface area (TPSA) is 79.1 Å². The van der Waals surface area contributed by atoms with E-state index in [4.69, 9.17) is 4.74 Å². The van der Waals surface area contributed by atoms with Crippen molar-refractivity contribution in [1.29, 1.82) is 0 Å². The predicted octanol–water partition coefficient (Wildman–Crippen LogP) is 3.63. The normalized spacial score (nSPS) is 11.3. The molecule has 0 aliphatic rings. The number of aromatic hydroxyl groups is 2. The van der Waals surface area contributed by atoms with E-state index in [-0.39, 0.29) is 23.7 Å². The Morgan fingerprint density at radius 1 is 1.39 bits per heavy atom. The van der Waals surface area contributed by atoms with Crippen LogP contribution < -0.4 is 0 Å². The molecule has 0 spiro atoms. The number of rotatable bonds is 9. The second-order valence-electron chi connectivity index (χ2n) is 5.28. The number of esters is 1. The highest BCUT2D eigenvalue weighted by atomic mass is 16.5. The first kappa shape index (κ1) is 18.7. The molecule has 0 bridgehead atoms. The molecule has 5 nitrogen and oxygen atoms in total.